The van der Waals surface area contributed by atoms with Gasteiger partial charge in [-0.05, 0) is 18.9 Å². The molecule has 0 amide bonds. The summed E-state index contributed by atoms with van der Waals surface area (Å²) in [7, 11) is 0. The highest BCUT2D eigenvalue weighted by Crippen LogP contribution is 2.22. The molecule has 1 heterocycles. The summed E-state index contributed by atoms with van der Waals surface area (Å²) in [5, 5.41) is 19.0. The van der Waals surface area contributed by atoms with E-state index in [1.165, 1.54) is 6.08 Å². The maximum atomic E-state index is 11.9. The second-order valence-corrected chi connectivity index (χ2v) is 3.61. The number of aromatic hydroxyl groups is 1. The first-order chi connectivity index (χ1) is 8.08. The molecular formula is C13H14N2O2. The molecule has 0 saturated heterocycles. The Hall–Kier alpha value is -2.28. The molecular weight excluding hydrogens is 216 g/mol. The van der Waals surface area contributed by atoms with Gasteiger partial charge in [-0.15, -0.1) is 13.2 Å². The molecule has 1 aromatic heterocycles. The third kappa shape index (κ3) is 2.13. The second kappa shape index (κ2) is 5.17. The van der Waals surface area contributed by atoms with Crippen LogP contribution in [0.2, 0.25) is 0 Å². The molecule has 0 unspecified atom stereocenters. The van der Waals surface area contributed by atoms with E-state index in [-0.39, 0.29) is 18.0 Å². The average molecular weight is 230 g/mol. The number of hydrogen-bond acceptors (Lipinski definition) is 3. The van der Waals surface area contributed by atoms with Crippen molar-refractivity contribution in [3.63, 3.8) is 0 Å². The van der Waals surface area contributed by atoms with E-state index in [0.29, 0.717) is 17.5 Å². The van der Waals surface area contributed by atoms with E-state index in [9.17, 15) is 9.90 Å². The normalized spacial score (nSPS) is 9.65. The molecule has 0 spiro atoms. The van der Waals surface area contributed by atoms with E-state index in [1.54, 1.807) is 13.0 Å². The second-order valence-electron chi connectivity index (χ2n) is 3.61. The Labute approximate surface area is 99.7 Å². The van der Waals surface area contributed by atoms with Crippen LogP contribution < -0.4 is 5.56 Å². The van der Waals surface area contributed by atoms with Gasteiger partial charge in [0.25, 0.3) is 5.56 Å². The van der Waals surface area contributed by atoms with Crippen LogP contribution in [-0.2, 0) is 13.0 Å². The zero-order chi connectivity index (χ0) is 13.0. The molecule has 1 aromatic rings. The lowest BCUT2D eigenvalue weighted by atomic mass is 10.0. The summed E-state index contributed by atoms with van der Waals surface area (Å²) in [5.74, 6) is -0.119. The molecule has 1 rings (SSSR count). The van der Waals surface area contributed by atoms with Gasteiger partial charge in [0.1, 0.15) is 11.6 Å². The van der Waals surface area contributed by atoms with Crippen LogP contribution in [0.3, 0.4) is 0 Å². The van der Waals surface area contributed by atoms with Gasteiger partial charge in [0.05, 0.1) is 0 Å². The minimum atomic E-state index is -0.491. The van der Waals surface area contributed by atoms with Gasteiger partial charge in [-0.2, -0.15) is 5.26 Å². The number of hydrogen-bond donors (Lipinski definition) is 1. The van der Waals surface area contributed by atoms with Crippen molar-refractivity contribution in [1.82, 2.24) is 4.57 Å². The fraction of sp³-hybridized carbons (Fsp3) is 0.231. The fourth-order valence-corrected chi connectivity index (χ4v) is 1.69. The minimum Gasteiger partial charge on any atom is -0.494 e. The largest absolute Gasteiger partial charge is 0.494 e. The van der Waals surface area contributed by atoms with Crippen LogP contribution in [0, 0.1) is 18.3 Å². The van der Waals surface area contributed by atoms with E-state index in [2.05, 4.69) is 13.2 Å². The van der Waals surface area contributed by atoms with Gasteiger partial charge in [0.15, 0.2) is 5.88 Å². The Morgan fingerprint density at radius 3 is 2.59 bits per heavy atom. The van der Waals surface area contributed by atoms with Gasteiger partial charge < -0.3 is 5.11 Å². The lowest BCUT2D eigenvalue weighted by Gasteiger charge is -2.13. The van der Waals surface area contributed by atoms with E-state index in [1.807, 2.05) is 6.07 Å². The van der Waals surface area contributed by atoms with Crippen molar-refractivity contribution in [3.8, 4) is 11.9 Å². The summed E-state index contributed by atoms with van der Waals surface area (Å²) in [6.45, 7) is 8.93. The predicted octanol–water partition coefficient (Wildman–Crippen LogP) is 1.65. The summed E-state index contributed by atoms with van der Waals surface area (Å²) in [6.07, 6.45) is 3.52. The SMILES string of the molecule is C=CCc1c(C)c(C#N)c(=O)n(CC=C)c1O. The molecule has 1 N–H and O–H groups in total. The van der Waals surface area contributed by atoms with Crippen molar-refractivity contribution in [2.75, 3.05) is 0 Å². The standard InChI is InChI=1S/C13H14N2O2/c1-4-6-10-9(3)11(8-14)13(17)15(7-5-2)12(10)16/h4-5,16H,1-2,6-7H2,3H3. The van der Waals surface area contributed by atoms with E-state index in [4.69, 9.17) is 5.26 Å². The zero-order valence-electron chi connectivity index (χ0n) is 9.73. The van der Waals surface area contributed by atoms with Crippen molar-refractivity contribution in [3.05, 3.63) is 52.4 Å². The highest BCUT2D eigenvalue weighted by atomic mass is 16.3. The van der Waals surface area contributed by atoms with Crippen LogP contribution in [0.1, 0.15) is 16.7 Å². The molecule has 17 heavy (non-hydrogen) atoms. The van der Waals surface area contributed by atoms with Crippen molar-refractivity contribution < 1.29 is 5.11 Å². The highest BCUT2D eigenvalue weighted by Gasteiger charge is 2.17. The van der Waals surface area contributed by atoms with Gasteiger partial charge in [-0.1, -0.05) is 12.2 Å². The molecule has 0 saturated carbocycles. The molecule has 0 radical (unpaired) electrons. The lowest BCUT2D eigenvalue weighted by molar-refractivity contribution is 0.409. The van der Waals surface area contributed by atoms with E-state index < -0.39 is 5.56 Å². The van der Waals surface area contributed by atoms with Gasteiger partial charge in [0.2, 0.25) is 0 Å². The smallest absolute Gasteiger partial charge is 0.271 e. The first-order valence-corrected chi connectivity index (χ1v) is 5.15. The Bertz CT molecular complexity index is 562. The maximum Gasteiger partial charge on any atom is 0.271 e. The van der Waals surface area contributed by atoms with Crippen LogP contribution in [0.5, 0.6) is 5.88 Å². The zero-order valence-corrected chi connectivity index (χ0v) is 9.73. The number of allylic oxidation sites excluding steroid dienone is 2. The molecule has 0 atom stereocenters. The third-order valence-electron chi connectivity index (χ3n) is 2.58. The van der Waals surface area contributed by atoms with Gasteiger partial charge >= 0.3 is 0 Å². The number of nitriles is 1. The Kier molecular flexibility index (Phi) is 3.89. The molecule has 4 heteroatoms. The monoisotopic (exact) mass is 230 g/mol. The first-order valence-electron chi connectivity index (χ1n) is 5.15. The molecule has 0 fully saturated rings. The van der Waals surface area contributed by atoms with Crippen molar-refractivity contribution in [2.24, 2.45) is 0 Å². The number of nitrogens with zero attached hydrogens (tertiary/aromatic N) is 2. The molecule has 0 aliphatic carbocycles. The summed E-state index contributed by atoms with van der Waals surface area (Å²) in [5.41, 5.74) is 0.630. The number of rotatable bonds is 4. The average Bonchev–Trinajstić information content (AvgIpc) is 2.31. The first kappa shape index (κ1) is 12.8. The van der Waals surface area contributed by atoms with E-state index in [0.717, 1.165) is 4.57 Å². The van der Waals surface area contributed by atoms with Gasteiger partial charge in [-0.3, -0.25) is 9.36 Å². The maximum absolute atomic E-state index is 11.9. The summed E-state index contributed by atoms with van der Waals surface area (Å²) in [6, 6.07) is 1.88. The summed E-state index contributed by atoms with van der Waals surface area (Å²) in [4.78, 5) is 11.9. The third-order valence-corrected chi connectivity index (χ3v) is 2.58. The Morgan fingerprint density at radius 2 is 2.12 bits per heavy atom. The van der Waals surface area contributed by atoms with Crippen molar-refractivity contribution in [2.45, 2.75) is 19.9 Å². The van der Waals surface area contributed by atoms with Crippen LogP contribution in [0.25, 0.3) is 0 Å². The molecule has 88 valence electrons. The molecule has 0 bridgehead atoms. The highest BCUT2D eigenvalue weighted by molar-refractivity contribution is 5.46. The molecule has 0 aliphatic rings. The number of aromatic nitrogens is 1. The van der Waals surface area contributed by atoms with Crippen LogP contribution >= 0.6 is 0 Å². The van der Waals surface area contributed by atoms with E-state index >= 15 is 0 Å². The fourth-order valence-electron chi connectivity index (χ4n) is 1.69. The van der Waals surface area contributed by atoms with Crippen molar-refractivity contribution >= 4 is 0 Å². The molecule has 0 aromatic carbocycles. The van der Waals surface area contributed by atoms with Crippen molar-refractivity contribution in [1.29, 1.82) is 5.26 Å². The lowest BCUT2D eigenvalue weighted by Crippen LogP contribution is -2.24. The number of pyridine rings is 1. The molecule has 4 nitrogen and oxygen atoms in total. The Balaban J connectivity index is 3.69. The summed E-state index contributed by atoms with van der Waals surface area (Å²) >= 11 is 0. The quantitative estimate of drug-likeness (QED) is 0.800. The topological polar surface area (TPSA) is 66.0 Å². The van der Waals surface area contributed by atoms with Gasteiger partial charge in [-0.25, -0.2) is 0 Å². The van der Waals surface area contributed by atoms with Crippen LogP contribution in [-0.4, -0.2) is 9.67 Å². The minimum absolute atomic E-state index is 0.0569. The summed E-state index contributed by atoms with van der Waals surface area (Å²) < 4.78 is 1.14. The predicted molar refractivity (Wildman–Crippen MR) is 65.9 cm³/mol. The molecule has 0 aliphatic heterocycles. The van der Waals surface area contributed by atoms with Gasteiger partial charge in [0, 0.05) is 12.1 Å². The van der Waals surface area contributed by atoms with Crippen LogP contribution in [0.4, 0.5) is 0 Å². The van der Waals surface area contributed by atoms with Crippen LogP contribution in [0.15, 0.2) is 30.1 Å². The Morgan fingerprint density at radius 1 is 1.47 bits per heavy atom.